The summed E-state index contributed by atoms with van der Waals surface area (Å²) in [7, 11) is 0. The lowest BCUT2D eigenvalue weighted by Crippen LogP contribution is -2.50. The molecular weight excluding hydrogens is 378 g/mol. The average molecular weight is 406 g/mol. The maximum atomic E-state index is 12.7. The summed E-state index contributed by atoms with van der Waals surface area (Å²) in [6.07, 6.45) is 2.14. The fourth-order valence-electron chi connectivity index (χ4n) is 4.24. The van der Waals surface area contributed by atoms with E-state index in [1.165, 1.54) is 0 Å². The average Bonchev–Trinajstić information content (AvgIpc) is 3.46. The normalized spacial score (nSPS) is 16.0. The van der Waals surface area contributed by atoms with E-state index in [0.717, 1.165) is 35.4 Å². The first-order valence-electron chi connectivity index (χ1n) is 10.3. The van der Waals surface area contributed by atoms with Crippen LogP contribution >= 0.6 is 0 Å². The summed E-state index contributed by atoms with van der Waals surface area (Å²) in [5, 5.41) is 12.3. The Morgan fingerprint density at radius 3 is 2.57 bits per heavy atom. The Morgan fingerprint density at radius 1 is 1.23 bits per heavy atom. The highest BCUT2D eigenvalue weighted by Gasteiger charge is 2.38. The Bertz CT molecular complexity index is 1070. The zero-order chi connectivity index (χ0) is 21.6. The molecule has 7 heteroatoms. The Hall–Kier alpha value is -3.27. The van der Waals surface area contributed by atoms with Crippen LogP contribution in [0.4, 0.5) is 4.79 Å². The minimum atomic E-state index is -0.499. The van der Waals surface area contributed by atoms with Gasteiger partial charge in [-0.1, -0.05) is 12.1 Å². The minimum absolute atomic E-state index is 0.147. The summed E-state index contributed by atoms with van der Waals surface area (Å²) in [5.74, 6) is -0.117. The number of amides is 3. The third kappa shape index (κ3) is 3.65. The zero-order valence-electron chi connectivity index (χ0n) is 17.7. The van der Waals surface area contributed by atoms with Crippen molar-refractivity contribution >= 4 is 11.9 Å². The van der Waals surface area contributed by atoms with E-state index in [4.69, 9.17) is 5.73 Å². The summed E-state index contributed by atoms with van der Waals surface area (Å²) in [6.45, 7) is 7.35. The maximum Gasteiger partial charge on any atom is 0.318 e. The zero-order valence-corrected chi connectivity index (χ0v) is 17.7. The molecule has 0 saturated heterocycles. The van der Waals surface area contributed by atoms with Crippen molar-refractivity contribution in [1.82, 2.24) is 14.8 Å². The molecule has 0 unspecified atom stereocenters. The van der Waals surface area contributed by atoms with Crippen molar-refractivity contribution in [2.75, 3.05) is 6.54 Å². The first kappa shape index (κ1) is 20.0. The maximum absolute atomic E-state index is 12.7. The molecule has 0 bridgehead atoms. The van der Waals surface area contributed by atoms with Crippen molar-refractivity contribution in [1.29, 1.82) is 5.26 Å². The Morgan fingerprint density at radius 2 is 1.97 bits per heavy atom. The van der Waals surface area contributed by atoms with Crippen LogP contribution in [-0.4, -0.2) is 33.5 Å². The summed E-state index contributed by atoms with van der Waals surface area (Å²) in [6, 6.07) is 9.33. The number of hydrogen-bond acceptors (Lipinski definition) is 3. The number of fused-ring (bicyclic) bond motifs is 1. The lowest BCUT2D eigenvalue weighted by molar-refractivity contribution is 0.0997. The van der Waals surface area contributed by atoms with Crippen LogP contribution in [0.2, 0.25) is 0 Å². The van der Waals surface area contributed by atoms with E-state index >= 15 is 0 Å². The number of rotatable bonds is 3. The van der Waals surface area contributed by atoms with Crippen molar-refractivity contribution in [2.45, 2.75) is 58.2 Å². The number of carbonyl (C=O) groups excluding carboxylic acids is 2. The van der Waals surface area contributed by atoms with Crippen LogP contribution < -0.4 is 11.1 Å². The number of urea groups is 1. The van der Waals surface area contributed by atoms with Gasteiger partial charge in [-0.25, -0.2) is 4.79 Å². The molecule has 1 aromatic carbocycles. The molecule has 30 heavy (non-hydrogen) atoms. The molecule has 1 fully saturated rings. The summed E-state index contributed by atoms with van der Waals surface area (Å²) in [4.78, 5) is 27.1. The molecule has 2 heterocycles. The van der Waals surface area contributed by atoms with E-state index in [-0.39, 0.29) is 11.6 Å². The Kier molecular flexibility index (Phi) is 4.81. The van der Waals surface area contributed by atoms with Crippen molar-refractivity contribution in [3.8, 4) is 17.2 Å². The standard InChI is InChI=1S/C23H27N5O2/c1-23(2,3)26-22(30)27-9-10-28-17(13-27)19(21(25)29)18(20(28)15-7-8-15)16-6-4-5-14(11-16)12-24/h4-6,11,15H,7-10,13H2,1-3H3,(H2,25,29)(H,26,30). The predicted molar refractivity (Wildman–Crippen MR) is 114 cm³/mol. The van der Waals surface area contributed by atoms with Gasteiger partial charge in [0.05, 0.1) is 29.4 Å². The fourth-order valence-corrected chi connectivity index (χ4v) is 4.24. The van der Waals surface area contributed by atoms with Gasteiger partial charge in [-0.3, -0.25) is 4.79 Å². The van der Waals surface area contributed by atoms with Crippen molar-refractivity contribution in [2.24, 2.45) is 5.73 Å². The van der Waals surface area contributed by atoms with Gasteiger partial charge in [0.25, 0.3) is 5.91 Å². The van der Waals surface area contributed by atoms with E-state index < -0.39 is 5.91 Å². The van der Waals surface area contributed by atoms with Crippen LogP contribution in [0.1, 0.15) is 66.8 Å². The molecule has 0 radical (unpaired) electrons. The largest absolute Gasteiger partial charge is 0.366 e. The van der Waals surface area contributed by atoms with Crippen LogP contribution in [0.5, 0.6) is 0 Å². The molecule has 0 atom stereocenters. The fraction of sp³-hybridized carbons (Fsp3) is 0.435. The van der Waals surface area contributed by atoms with Crippen LogP contribution in [0.15, 0.2) is 24.3 Å². The molecule has 1 saturated carbocycles. The molecule has 1 aromatic heterocycles. The van der Waals surface area contributed by atoms with Gasteiger partial charge in [0, 0.05) is 29.9 Å². The first-order chi connectivity index (χ1) is 14.2. The quantitative estimate of drug-likeness (QED) is 0.818. The third-order valence-electron chi connectivity index (χ3n) is 5.61. The predicted octanol–water partition coefficient (Wildman–Crippen LogP) is 3.33. The number of nitrogens with one attached hydrogen (secondary N) is 1. The SMILES string of the molecule is CC(C)(C)NC(=O)N1CCn2c(c(C(N)=O)c(-c3cccc(C#N)c3)c2C2CC2)C1. The van der Waals surface area contributed by atoms with Crippen LogP contribution in [0.3, 0.4) is 0 Å². The minimum Gasteiger partial charge on any atom is -0.366 e. The number of nitrogens with two attached hydrogens (primary N) is 1. The molecular formula is C23H27N5O2. The van der Waals surface area contributed by atoms with Gasteiger partial charge in [-0.15, -0.1) is 0 Å². The molecule has 1 aliphatic carbocycles. The molecule has 0 spiro atoms. The highest BCUT2D eigenvalue weighted by molar-refractivity contribution is 6.02. The molecule has 3 amide bonds. The van der Waals surface area contributed by atoms with E-state index in [1.807, 2.05) is 39.0 Å². The van der Waals surface area contributed by atoms with Gasteiger partial charge in [-0.05, 0) is 57.2 Å². The number of benzene rings is 1. The number of nitriles is 1. The van der Waals surface area contributed by atoms with Crippen molar-refractivity contribution in [3.05, 3.63) is 46.8 Å². The van der Waals surface area contributed by atoms with Crippen molar-refractivity contribution < 1.29 is 9.59 Å². The number of primary amides is 1. The summed E-state index contributed by atoms with van der Waals surface area (Å²) >= 11 is 0. The van der Waals surface area contributed by atoms with E-state index in [0.29, 0.717) is 36.7 Å². The molecule has 2 aromatic rings. The van der Waals surface area contributed by atoms with Crippen LogP contribution in [0, 0.1) is 11.3 Å². The second-order valence-electron chi connectivity index (χ2n) is 9.17. The number of carbonyl (C=O) groups is 2. The van der Waals surface area contributed by atoms with E-state index in [2.05, 4.69) is 16.0 Å². The van der Waals surface area contributed by atoms with Gasteiger partial charge < -0.3 is 20.5 Å². The smallest absolute Gasteiger partial charge is 0.318 e. The van der Waals surface area contributed by atoms with E-state index in [9.17, 15) is 14.9 Å². The molecule has 156 valence electrons. The topological polar surface area (TPSA) is 104 Å². The molecule has 3 N–H and O–H groups in total. The van der Waals surface area contributed by atoms with E-state index in [1.54, 1.807) is 11.0 Å². The third-order valence-corrected chi connectivity index (χ3v) is 5.61. The molecule has 7 nitrogen and oxygen atoms in total. The summed E-state index contributed by atoms with van der Waals surface area (Å²) in [5.41, 5.74) is 10.1. The second kappa shape index (κ2) is 7.21. The Balaban J connectivity index is 1.83. The van der Waals surface area contributed by atoms with Gasteiger partial charge >= 0.3 is 6.03 Å². The lowest BCUT2D eigenvalue weighted by Gasteiger charge is -2.33. The highest BCUT2D eigenvalue weighted by Crippen LogP contribution is 2.48. The van der Waals surface area contributed by atoms with Crippen LogP contribution in [-0.2, 0) is 13.1 Å². The monoisotopic (exact) mass is 405 g/mol. The number of hydrogen-bond donors (Lipinski definition) is 2. The van der Waals surface area contributed by atoms with Crippen molar-refractivity contribution in [3.63, 3.8) is 0 Å². The second-order valence-corrected chi connectivity index (χ2v) is 9.17. The lowest BCUT2D eigenvalue weighted by atomic mass is 9.96. The number of nitrogens with zero attached hydrogens (tertiary/aromatic N) is 3. The van der Waals surface area contributed by atoms with Gasteiger partial charge in [-0.2, -0.15) is 5.26 Å². The molecule has 2 aliphatic rings. The number of aromatic nitrogens is 1. The molecule has 1 aliphatic heterocycles. The Labute approximate surface area is 176 Å². The molecule has 4 rings (SSSR count). The summed E-state index contributed by atoms with van der Waals surface area (Å²) < 4.78 is 2.19. The van der Waals surface area contributed by atoms with Gasteiger partial charge in [0.1, 0.15) is 0 Å². The highest BCUT2D eigenvalue weighted by atomic mass is 16.2. The first-order valence-corrected chi connectivity index (χ1v) is 10.3. The van der Waals surface area contributed by atoms with Gasteiger partial charge in [0.15, 0.2) is 0 Å². The van der Waals surface area contributed by atoms with Gasteiger partial charge in [0.2, 0.25) is 0 Å². The van der Waals surface area contributed by atoms with Crippen LogP contribution in [0.25, 0.3) is 11.1 Å².